The first-order valence-corrected chi connectivity index (χ1v) is 3.60. The van der Waals surface area contributed by atoms with Gasteiger partial charge in [-0.25, -0.2) is 0 Å². The molecule has 0 aliphatic heterocycles. The smallest absolute Gasteiger partial charge is 0.195 e. The summed E-state index contributed by atoms with van der Waals surface area (Å²) in [5.74, 6) is -0.528. The normalized spacial score (nSPS) is 23.1. The lowest BCUT2D eigenvalue weighted by atomic mass is 9.97. The predicted molar refractivity (Wildman–Crippen MR) is 44.6 cm³/mol. The predicted octanol–water partition coefficient (Wildman–Crippen LogP) is 0.874. The van der Waals surface area contributed by atoms with Crippen LogP contribution in [-0.4, -0.2) is 22.1 Å². The molecule has 1 atom stereocenters. The highest BCUT2D eigenvalue weighted by Crippen LogP contribution is 2.17. The van der Waals surface area contributed by atoms with Gasteiger partial charge in [0.2, 0.25) is 0 Å². The van der Waals surface area contributed by atoms with Crippen LogP contribution >= 0.6 is 0 Å². The largest absolute Gasteiger partial charge is 0.508 e. The van der Waals surface area contributed by atoms with Gasteiger partial charge in [0.15, 0.2) is 5.78 Å². The summed E-state index contributed by atoms with van der Waals surface area (Å²) in [6.45, 7) is 3.45. The maximum atomic E-state index is 11.2. The van der Waals surface area contributed by atoms with Crippen LogP contribution in [0.2, 0.25) is 0 Å². The Morgan fingerprint density at radius 1 is 1.67 bits per heavy atom. The Kier molecular flexibility index (Phi) is 2.45. The molecule has 64 valence electrons. The van der Waals surface area contributed by atoms with Crippen molar-refractivity contribution in [1.82, 2.24) is 0 Å². The summed E-state index contributed by atoms with van der Waals surface area (Å²) in [5.41, 5.74) is 0.222. The SMILES string of the molecule is C=CCC1=C(O)C=CC(O)C1=O. The summed E-state index contributed by atoms with van der Waals surface area (Å²) < 4.78 is 0. The molecule has 0 aromatic carbocycles. The van der Waals surface area contributed by atoms with Gasteiger partial charge < -0.3 is 10.2 Å². The molecule has 2 N–H and O–H groups in total. The molecule has 0 heterocycles. The molecule has 0 saturated carbocycles. The summed E-state index contributed by atoms with van der Waals surface area (Å²) in [7, 11) is 0. The molecule has 12 heavy (non-hydrogen) atoms. The quantitative estimate of drug-likeness (QED) is 0.598. The van der Waals surface area contributed by atoms with Crippen molar-refractivity contribution in [3.05, 3.63) is 36.1 Å². The molecule has 0 saturated heterocycles. The average molecular weight is 166 g/mol. The van der Waals surface area contributed by atoms with E-state index in [1.165, 1.54) is 18.2 Å². The molecule has 3 nitrogen and oxygen atoms in total. The van der Waals surface area contributed by atoms with Gasteiger partial charge in [0.25, 0.3) is 0 Å². The number of carbonyl (C=O) groups is 1. The van der Waals surface area contributed by atoms with E-state index in [4.69, 9.17) is 5.11 Å². The van der Waals surface area contributed by atoms with E-state index in [1.807, 2.05) is 0 Å². The lowest BCUT2D eigenvalue weighted by Crippen LogP contribution is -2.23. The number of allylic oxidation sites excluding steroid dienone is 2. The van der Waals surface area contributed by atoms with Crippen LogP contribution in [0.5, 0.6) is 0 Å². The summed E-state index contributed by atoms with van der Waals surface area (Å²) in [4.78, 5) is 11.2. The maximum Gasteiger partial charge on any atom is 0.195 e. The fourth-order valence-corrected chi connectivity index (χ4v) is 1.02. The molecule has 1 unspecified atom stereocenters. The highest BCUT2D eigenvalue weighted by Gasteiger charge is 2.22. The van der Waals surface area contributed by atoms with E-state index in [2.05, 4.69) is 6.58 Å². The Balaban J connectivity index is 2.97. The lowest BCUT2D eigenvalue weighted by molar-refractivity contribution is -0.121. The van der Waals surface area contributed by atoms with Crippen LogP contribution in [0.1, 0.15) is 6.42 Å². The monoisotopic (exact) mass is 166 g/mol. The van der Waals surface area contributed by atoms with Crippen molar-refractivity contribution >= 4 is 5.78 Å². The molecule has 1 rings (SSSR count). The van der Waals surface area contributed by atoms with Crippen LogP contribution in [0.4, 0.5) is 0 Å². The third-order valence-electron chi connectivity index (χ3n) is 1.66. The van der Waals surface area contributed by atoms with E-state index < -0.39 is 11.9 Å². The summed E-state index contributed by atoms with van der Waals surface area (Å²) >= 11 is 0. The first kappa shape index (κ1) is 8.74. The second-order valence-corrected chi connectivity index (χ2v) is 2.52. The van der Waals surface area contributed by atoms with Crippen molar-refractivity contribution in [3.8, 4) is 0 Å². The molecule has 0 aromatic heterocycles. The molecule has 0 fully saturated rings. The third kappa shape index (κ3) is 1.46. The van der Waals surface area contributed by atoms with Crippen molar-refractivity contribution < 1.29 is 15.0 Å². The average Bonchev–Trinajstić information content (AvgIpc) is 2.06. The van der Waals surface area contributed by atoms with Gasteiger partial charge in [-0.2, -0.15) is 0 Å². The molecule has 0 amide bonds. The number of hydrogen-bond acceptors (Lipinski definition) is 3. The minimum atomic E-state index is -1.11. The number of Topliss-reactive ketones (excluding diaryl/α,β-unsaturated/α-hetero) is 1. The van der Waals surface area contributed by atoms with E-state index in [0.717, 1.165) is 0 Å². The van der Waals surface area contributed by atoms with Crippen LogP contribution in [0.15, 0.2) is 36.1 Å². The molecule has 1 aliphatic rings. The van der Waals surface area contributed by atoms with Crippen molar-refractivity contribution in [2.24, 2.45) is 0 Å². The van der Waals surface area contributed by atoms with Gasteiger partial charge in [-0.1, -0.05) is 6.08 Å². The van der Waals surface area contributed by atoms with Gasteiger partial charge in [0.05, 0.1) is 0 Å². The van der Waals surface area contributed by atoms with Crippen molar-refractivity contribution in [1.29, 1.82) is 0 Å². The zero-order chi connectivity index (χ0) is 9.14. The van der Waals surface area contributed by atoms with Gasteiger partial charge in [-0.05, 0) is 18.6 Å². The van der Waals surface area contributed by atoms with Crippen LogP contribution in [0, 0.1) is 0 Å². The standard InChI is InChI=1S/C9H10O3/c1-2-3-6-7(10)4-5-8(11)9(6)12/h2,4-5,8,10-11H,1,3H2. The van der Waals surface area contributed by atoms with E-state index in [9.17, 15) is 9.90 Å². The van der Waals surface area contributed by atoms with Crippen molar-refractivity contribution in [2.75, 3.05) is 0 Å². The van der Waals surface area contributed by atoms with E-state index in [1.54, 1.807) is 0 Å². The van der Waals surface area contributed by atoms with E-state index >= 15 is 0 Å². The molecular weight excluding hydrogens is 156 g/mol. The molecule has 0 aromatic rings. The summed E-state index contributed by atoms with van der Waals surface area (Å²) in [6, 6.07) is 0. The van der Waals surface area contributed by atoms with Gasteiger partial charge in [-0.15, -0.1) is 6.58 Å². The molecular formula is C9H10O3. The zero-order valence-corrected chi connectivity index (χ0v) is 6.53. The fraction of sp³-hybridized carbons (Fsp3) is 0.222. The van der Waals surface area contributed by atoms with Gasteiger partial charge in [0, 0.05) is 5.57 Å². The minimum absolute atomic E-state index is 0.0785. The Bertz CT molecular complexity index is 273. The Morgan fingerprint density at radius 3 is 2.92 bits per heavy atom. The maximum absolute atomic E-state index is 11.2. The number of aliphatic hydroxyl groups is 2. The second kappa shape index (κ2) is 3.36. The number of aliphatic hydroxyl groups excluding tert-OH is 2. The molecule has 0 radical (unpaired) electrons. The highest BCUT2D eigenvalue weighted by atomic mass is 16.3. The highest BCUT2D eigenvalue weighted by molar-refractivity contribution is 6.01. The first-order valence-electron chi connectivity index (χ1n) is 3.60. The Morgan fingerprint density at radius 2 is 2.33 bits per heavy atom. The number of hydrogen-bond donors (Lipinski definition) is 2. The van der Waals surface area contributed by atoms with Gasteiger partial charge in [-0.3, -0.25) is 4.79 Å². The second-order valence-electron chi connectivity index (χ2n) is 2.52. The Hall–Kier alpha value is -1.35. The number of rotatable bonds is 2. The van der Waals surface area contributed by atoms with Crippen LogP contribution < -0.4 is 0 Å². The zero-order valence-electron chi connectivity index (χ0n) is 6.53. The number of ketones is 1. The Labute approximate surface area is 70.3 Å². The van der Waals surface area contributed by atoms with Crippen LogP contribution in [0.25, 0.3) is 0 Å². The summed E-state index contributed by atoms with van der Waals surface area (Å²) in [5, 5.41) is 18.3. The van der Waals surface area contributed by atoms with Crippen LogP contribution in [0.3, 0.4) is 0 Å². The first-order chi connectivity index (χ1) is 5.66. The van der Waals surface area contributed by atoms with Crippen LogP contribution in [-0.2, 0) is 4.79 Å². The lowest BCUT2D eigenvalue weighted by Gasteiger charge is -2.12. The van der Waals surface area contributed by atoms with E-state index in [0.29, 0.717) is 0 Å². The number of carbonyl (C=O) groups excluding carboxylic acids is 1. The molecule has 0 spiro atoms. The molecule has 1 aliphatic carbocycles. The van der Waals surface area contributed by atoms with Gasteiger partial charge in [0.1, 0.15) is 11.9 Å². The minimum Gasteiger partial charge on any atom is -0.508 e. The van der Waals surface area contributed by atoms with Crippen molar-refractivity contribution in [3.63, 3.8) is 0 Å². The van der Waals surface area contributed by atoms with E-state index in [-0.39, 0.29) is 17.8 Å². The fourth-order valence-electron chi connectivity index (χ4n) is 1.02. The summed E-state index contributed by atoms with van der Waals surface area (Å²) in [6.07, 6.45) is 3.26. The molecule has 3 heteroatoms. The van der Waals surface area contributed by atoms with Crippen molar-refractivity contribution in [2.45, 2.75) is 12.5 Å². The van der Waals surface area contributed by atoms with Gasteiger partial charge >= 0.3 is 0 Å². The molecule has 0 bridgehead atoms. The topological polar surface area (TPSA) is 57.5 Å². The third-order valence-corrected chi connectivity index (χ3v) is 1.66.